The fourth-order valence-electron chi connectivity index (χ4n) is 3.02. The van der Waals surface area contributed by atoms with Crippen molar-refractivity contribution >= 4 is 44.7 Å². The third-order valence-corrected chi connectivity index (χ3v) is 5.52. The molecule has 0 radical (unpaired) electrons. The first-order valence-corrected chi connectivity index (χ1v) is 8.78. The Kier molecular flexibility index (Phi) is 3.51. The van der Waals surface area contributed by atoms with E-state index in [-0.39, 0.29) is 0 Å². The van der Waals surface area contributed by atoms with Gasteiger partial charge in [0.25, 0.3) is 0 Å². The molecule has 112 valence electrons. The molecule has 3 nitrogen and oxygen atoms in total. The number of aromatic nitrogens is 2. The normalized spacial score (nSPS) is 13.5. The maximum Gasteiger partial charge on any atom is 0.225 e. The van der Waals surface area contributed by atoms with E-state index in [1.807, 2.05) is 0 Å². The number of nitrogens with one attached hydrogen (secondary N) is 1. The average Bonchev–Trinajstić information content (AvgIpc) is 3.08. The van der Waals surface area contributed by atoms with Crippen molar-refractivity contribution in [2.75, 3.05) is 5.32 Å². The Morgan fingerprint density at radius 2 is 2.00 bits per heavy atom. The Balaban J connectivity index is 1.79. The molecule has 0 atom stereocenters. The molecule has 2 heterocycles. The summed E-state index contributed by atoms with van der Waals surface area (Å²) in [5.41, 5.74) is 3.77. The molecule has 22 heavy (non-hydrogen) atoms. The molecule has 0 amide bonds. The molecule has 0 saturated heterocycles. The zero-order valence-electron chi connectivity index (χ0n) is 12.3. The first-order chi connectivity index (χ1) is 10.7. The van der Waals surface area contributed by atoms with Crippen LogP contribution in [-0.4, -0.2) is 9.97 Å². The van der Waals surface area contributed by atoms with Crippen molar-refractivity contribution in [1.82, 2.24) is 9.97 Å². The highest BCUT2D eigenvalue weighted by atomic mass is 35.5. The van der Waals surface area contributed by atoms with E-state index in [2.05, 4.69) is 46.5 Å². The minimum absolute atomic E-state index is 0.306. The van der Waals surface area contributed by atoms with Crippen LogP contribution in [-0.2, 0) is 19.3 Å². The minimum Gasteiger partial charge on any atom is -0.340 e. The summed E-state index contributed by atoms with van der Waals surface area (Å²) in [5.74, 6) is 0.832. The summed E-state index contributed by atoms with van der Waals surface area (Å²) in [4.78, 5) is 11.3. The predicted octanol–water partition coefficient (Wildman–Crippen LogP) is 5.14. The van der Waals surface area contributed by atoms with E-state index in [4.69, 9.17) is 11.6 Å². The van der Waals surface area contributed by atoms with Gasteiger partial charge in [-0.15, -0.1) is 11.3 Å². The van der Waals surface area contributed by atoms with Crippen molar-refractivity contribution in [1.29, 1.82) is 0 Å². The lowest BCUT2D eigenvalue weighted by Gasteiger charge is -2.09. The first kappa shape index (κ1) is 14.0. The Morgan fingerprint density at radius 1 is 1.18 bits per heavy atom. The van der Waals surface area contributed by atoms with Crippen molar-refractivity contribution in [3.8, 4) is 0 Å². The largest absolute Gasteiger partial charge is 0.340 e. The van der Waals surface area contributed by atoms with Crippen molar-refractivity contribution in [3.63, 3.8) is 0 Å². The van der Waals surface area contributed by atoms with Gasteiger partial charge in [-0.05, 0) is 60.5 Å². The van der Waals surface area contributed by atoms with Gasteiger partial charge in [0.2, 0.25) is 5.28 Å². The van der Waals surface area contributed by atoms with Gasteiger partial charge < -0.3 is 5.32 Å². The van der Waals surface area contributed by atoms with Crippen LogP contribution in [0, 0.1) is 0 Å². The second-order valence-electron chi connectivity index (χ2n) is 5.55. The molecule has 5 heteroatoms. The fourth-order valence-corrected chi connectivity index (χ4v) is 4.50. The molecule has 3 aromatic rings. The van der Waals surface area contributed by atoms with Crippen molar-refractivity contribution in [3.05, 3.63) is 45.6 Å². The van der Waals surface area contributed by atoms with Gasteiger partial charge in [0.15, 0.2) is 0 Å². The highest BCUT2D eigenvalue weighted by molar-refractivity contribution is 7.19. The average molecular weight is 330 g/mol. The van der Waals surface area contributed by atoms with Gasteiger partial charge in [-0.1, -0.05) is 19.1 Å². The molecular formula is C17H16ClN3S. The number of benzene rings is 1. The van der Waals surface area contributed by atoms with Gasteiger partial charge in [0.1, 0.15) is 10.6 Å². The van der Waals surface area contributed by atoms with Crippen LogP contribution in [0.15, 0.2) is 24.3 Å². The second-order valence-corrected chi connectivity index (χ2v) is 6.98. The minimum atomic E-state index is 0.306. The number of halogens is 1. The molecule has 1 aromatic carbocycles. The van der Waals surface area contributed by atoms with Crippen molar-refractivity contribution in [2.45, 2.75) is 32.6 Å². The lowest BCUT2D eigenvalue weighted by Crippen LogP contribution is -1.97. The Bertz CT molecular complexity index is 839. The lowest BCUT2D eigenvalue weighted by atomic mass is 10.1. The van der Waals surface area contributed by atoms with Crippen LogP contribution in [0.2, 0.25) is 5.28 Å². The summed E-state index contributed by atoms with van der Waals surface area (Å²) in [6, 6.07) is 8.46. The van der Waals surface area contributed by atoms with Gasteiger partial charge in [-0.25, -0.2) is 4.98 Å². The lowest BCUT2D eigenvalue weighted by molar-refractivity contribution is 0.917. The summed E-state index contributed by atoms with van der Waals surface area (Å²) in [7, 11) is 0. The number of fused-ring (bicyclic) bond motifs is 3. The van der Waals surface area contributed by atoms with Crippen molar-refractivity contribution in [2.24, 2.45) is 0 Å². The van der Waals surface area contributed by atoms with Gasteiger partial charge in [-0.3, -0.25) is 0 Å². The van der Waals surface area contributed by atoms with E-state index in [0.29, 0.717) is 5.28 Å². The third-order valence-electron chi connectivity index (χ3n) is 4.16. The van der Waals surface area contributed by atoms with E-state index in [9.17, 15) is 0 Å². The summed E-state index contributed by atoms with van der Waals surface area (Å²) in [6.45, 7) is 2.16. The standard InChI is InChI=1S/C17H16ClN3S/c1-2-10-6-8-11(9-7-10)19-15-14-12-4-3-5-13(12)22-16(14)21-17(18)20-15/h6-9H,2-5H2,1H3,(H,19,20,21). The molecule has 0 bridgehead atoms. The highest BCUT2D eigenvalue weighted by Gasteiger charge is 2.22. The molecule has 1 N–H and O–H groups in total. The summed E-state index contributed by atoms with van der Waals surface area (Å²) >= 11 is 7.86. The predicted molar refractivity (Wildman–Crippen MR) is 93.6 cm³/mol. The van der Waals surface area contributed by atoms with Crippen LogP contribution in [0.25, 0.3) is 10.2 Å². The molecule has 0 spiro atoms. The van der Waals surface area contributed by atoms with Gasteiger partial charge in [0, 0.05) is 10.6 Å². The number of rotatable bonds is 3. The van der Waals surface area contributed by atoms with Crippen LogP contribution in [0.1, 0.15) is 29.3 Å². The van der Waals surface area contributed by atoms with Crippen LogP contribution in [0.5, 0.6) is 0 Å². The number of anilines is 2. The van der Waals surface area contributed by atoms with E-state index < -0.39 is 0 Å². The Morgan fingerprint density at radius 3 is 2.77 bits per heavy atom. The number of thiophene rings is 1. The van der Waals surface area contributed by atoms with E-state index in [0.717, 1.165) is 41.0 Å². The first-order valence-electron chi connectivity index (χ1n) is 7.58. The van der Waals surface area contributed by atoms with Crippen molar-refractivity contribution < 1.29 is 0 Å². The second kappa shape index (κ2) is 5.52. The van der Waals surface area contributed by atoms with E-state index >= 15 is 0 Å². The number of nitrogens with zero attached hydrogens (tertiary/aromatic N) is 2. The maximum absolute atomic E-state index is 6.10. The van der Waals surface area contributed by atoms with Crippen LogP contribution >= 0.6 is 22.9 Å². The molecule has 0 unspecified atom stereocenters. The smallest absolute Gasteiger partial charge is 0.225 e. The molecule has 0 aliphatic heterocycles. The number of aryl methyl sites for hydroxylation is 3. The fraction of sp³-hybridized carbons (Fsp3) is 0.294. The Labute approximate surface area is 138 Å². The zero-order valence-corrected chi connectivity index (χ0v) is 13.9. The molecule has 0 saturated carbocycles. The monoisotopic (exact) mass is 329 g/mol. The van der Waals surface area contributed by atoms with E-state index in [1.54, 1.807) is 11.3 Å². The highest BCUT2D eigenvalue weighted by Crippen LogP contribution is 2.40. The maximum atomic E-state index is 6.10. The summed E-state index contributed by atoms with van der Waals surface area (Å²) < 4.78 is 0. The topological polar surface area (TPSA) is 37.8 Å². The molecule has 4 rings (SSSR count). The SMILES string of the molecule is CCc1ccc(Nc2nc(Cl)nc3sc4c(c23)CCC4)cc1. The zero-order chi connectivity index (χ0) is 15.1. The van der Waals surface area contributed by atoms with E-state index in [1.165, 1.54) is 22.4 Å². The van der Waals surface area contributed by atoms with Gasteiger partial charge in [-0.2, -0.15) is 4.98 Å². The molecule has 1 aliphatic rings. The Hall–Kier alpha value is -1.65. The van der Waals surface area contributed by atoms with Gasteiger partial charge >= 0.3 is 0 Å². The number of hydrogen-bond acceptors (Lipinski definition) is 4. The molecule has 2 aromatic heterocycles. The molecule has 1 aliphatic carbocycles. The third kappa shape index (κ3) is 2.36. The van der Waals surface area contributed by atoms with Gasteiger partial charge in [0.05, 0.1) is 5.39 Å². The molecule has 0 fully saturated rings. The number of hydrogen-bond donors (Lipinski definition) is 1. The van der Waals surface area contributed by atoms with Crippen LogP contribution in [0.4, 0.5) is 11.5 Å². The summed E-state index contributed by atoms with van der Waals surface area (Å²) in [6.07, 6.45) is 4.54. The van der Waals surface area contributed by atoms with Crippen LogP contribution in [0.3, 0.4) is 0 Å². The molecular weight excluding hydrogens is 314 g/mol. The quantitative estimate of drug-likeness (QED) is 0.676. The van der Waals surface area contributed by atoms with Crippen LogP contribution < -0.4 is 5.32 Å². The summed E-state index contributed by atoms with van der Waals surface area (Å²) in [5, 5.41) is 4.89.